The van der Waals surface area contributed by atoms with Gasteiger partial charge in [0.05, 0.1) is 0 Å². The van der Waals surface area contributed by atoms with Crippen LogP contribution in [0.15, 0.2) is 11.6 Å². The minimum Gasteiger partial charge on any atom is -0.417 e. The molecule has 0 saturated carbocycles. The van der Waals surface area contributed by atoms with Crippen LogP contribution in [0.1, 0.15) is 60.8 Å². The third-order valence-electron chi connectivity index (χ3n) is 4.09. The number of rotatable bonds is 7. The molecule has 0 saturated heterocycles. The van der Waals surface area contributed by atoms with Gasteiger partial charge in [-0.05, 0) is 43.3 Å². The van der Waals surface area contributed by atoms with Crippen molar-refractivity contribution >= 4 is 8.32 Å². The lowest BCUT2D eigenvalue weighted by atomic mass is 9.99. The molecular weight excluding hydrogens is 236 g/mol. The monoisotopic (exact) mass is 270 g/mol. The summed E-state index contributed by atoms with van der Waals surface area (Å²) < 4.78 is 6.29. The van der Waals surface area contributed by atoms with Gasteiger partial charge in [-0.1, -0.05) is 53.2 Å². The average molecular weight is 271 g/mol. The molecular formula is C16H34OSi. The predicted octanol–water partition coefficient (Wildman–Crippen LogP) is 5.78. The maximum absolute atomic E-state index is 6.29. The molecule has 0 N–H and O–H groups in total. The molecule has 0 aliphatic rings. The maximum atomic E-state index is 6.29. The predicted molar refractivity (Wildman–Crippen MR) is 85.6 cm³/mol. The average Bonchev–Trinajstić information content (AvgIpc) is 2.24. The summed E-state index contributed by atoms with van der Waals surface area (Å²) in [6.07, 6.45) is 5.90. The molecule has 0 amide bonds. The van der Waals surface area contributed by atoms with Crippen molar-refractivity contribution in [3.05, 3.63) is 11.6 Å². The zero-order valence-corrected chi connectivity index (χ0v) is 14.9. The van der Waals surface area contributed by atoms with Gasteiger partial charge in [0.2, 0.25) is 0 Å². The van der Waals surface area contributed by atoms with Crippen LogP contribution in [0, 0.1) is 5.92 Å². The fourth-order valence-corrected chi connectivity index (χ4v) is 2.87. The number of hydrogen-bond acceptors (Lipinski definition) is 1. The SMILES string of the molecule is CC/C=C(\CC)C[C@@H](C)CO[Si](C)(C)C(C)(C)C. The van der Waals surface area contributed by atoms with Gasteiger partial charge in [0.1, 0.15) is 0 Å². The zero-order chi connectivity index (χ0) is 14.4. The number of allylic oxidation sites excluding steroid dienone is 2. The van der Waals surface area contributed by atoms with E-state index in [9.17, 15) is 0 Å². The summed E-state index contributed by atoms with van der Waals surface area (Å²) in [7, 11) is -1.57. The summed E-state index contributed by atoms with van der Waals surface area (Å²) in [5.41, 5.74) is 1.59. The van der Waals surface area contributed by atoms with Crippen LogP contribution < -0.4 is 0 Å². The minimum atomic E-state index is -1.57. The highest BCUT2D eigenvalue weighted by Crippen LogP contribution is 2.37. The van der Waals surface area contributed by atoms with E-state index in [1.54, 1.807) is 5.57 Å². The smallest absolute Gasteiger partial charge is 0.191 e. The van der Waals surface area contributed by atoms with Gasteiger partial charge in [0.25, 0.3) is 0 Å². The molecule has 0 spiro atoms. The van der Waals surface area contributed by atoms with Gasteiger partial charge in [-0.2, -0.15) is 0 Å². The molecule has 2 heteroatoms. The molecule has 0 bridgehead atoms. The lowest BCUT2D eigenvalue weighted by molar-refractivity contribution is 0.236. The van der Waals surface area contributed by atoms with E-state index in [0.717, 1.165) is 13.0 Å². The maximum Gasteiger partial charge on any atom is 0.191 e. The molecule has 0 aliphatic heterocycles. The van der Waals surface area contributed by atoms with Crippen molar-refractivity contribution in [3.63, 3.8) is 0 Å². The lowest BCUT2D eigenvalue weighted by Crippen LogP contribution is -2.41. The second-order valence-corrected chi connectivity index (χ2v) is 11.8. The first kappa shape index (κ1) is 17.9. The largest absolute Gasteiger partial charge is 0.417 e. The van der Waals surface area contributed by atoms with Crippen LogP contribution in [-0.4, -0.2) is 14.9 Å². The molecule has 0 aromatic carbocycles. The van der Waals surface area contributed by atoms with Gasteiger partial charge < -0.3 is 4.43 Å². The molecule has 0 aliphatic carbocycles. The van der Waals surface area contributed by atoms with E-state index >= 15 is 0 Å². The van der Waals surface area contributed by atoms with Crippen LogP contribution in [0.5, 0.6) is 0 Å². The van der Waals surface area contributed by atoms with Crippen LogP contribution >= 0.6 is 0 Å². The summed E-state index contributed by atoms with van der Waals surface area (Å²) in [6.45, 7) is 19.3. The van der Waals surface area contributed by atoms with Gasteiger partial charge in [0.15, 0.2) is 8.32 Å². The summed E-state index contributed by atoms with van der Waals surface area (Å²) in [5, 5.41) is 0.319. The van der Waals surface area contributed by atoms with Crippen LogP contribution in [0.25, 0.3) is 0 Å². The molecule has 0 heterocycles. The van der Waals surface area contributed by atoms with E-state index in [4.69, 9.17) is 4.43 Å². The van der Waals surface area contributed by atoms with E-state index in [1.165, 1.54) is 12.8 Å². The fourth-order valence-electron chi connectivity index (χ4n) is 1.73. The first-order valence-electron chi connectivity index (χ1n) is 7.45. The van der Waals surface area contributed by atoms with E-state index in [2.05, 4.69) is 60.7 Å². The molecule has 0 radical (unpaired) electrons. The minimum absolute atomic E-state index is 0.319. The topological polar surface area (TPSA) is 9.23 Å². The van der Waals surface area contributed by atoms with Crippen molar-refractivity contribution in [2.45, 2.75) is 78.9 Å². The van der Waals surface area contributed by atoms with Crippen molar-refractivity contribution < 1.29 is 4.43 Å². The van der Waals surface area contributed by atoms with E-state index < -0.39 is 8.32 Å². The van der Waals surface area contributed by atoms with E-state index in [1.807, 2.05) is 0 Å². The van der Waals surface area contributed by atoms with Gasteiger partial charge in [0, 0.05) is 6.61 Å². The highest BCUT2D eigenvalue weighted by Gasteiger charge is 2.37. The van der Waals surface area contributed by atoms with Gasteiger partial charge in [-0.3, -0.25) is 0 Å². The van der Waals surface area contributed by atoms with E-state index in [-0.39, 0.29) is 0 Å². The Morgan fingerprint density at radius 1 is 1.22 bits per heavy atom. The molecule has 0 rings (SSSR count). The van der Waals surface area contributed by atoms with Crippen LogP contribution in [0.3, 0.4) is 0 Å². The van der Waals surface area contributed by atoms with E-state index in [0.29, 0.717) is 11.0 Å². The third kappa shape index (κ3) is 6.19. The number of hydrogen-bond donors (Lipinski definition) is 0. The van der Waals surface area contributed by atoms with Gasteiger partial charge in [-0.15, -0.1) is 0 Å². The standard InChI is InChI=1S/C16H34OSi/c1-9-11-15(10-2)12-14(3)13-17-18(7,8)16(4,5)6/h11,14H,9-10,12-13H2,1-8H3/b15-11+/t14-/m1/s1. The molecule has 0 unspecified atom stereocenters. The molecule has 0 fully saturated rings. The Morgan fingerprint density at radius 3 is 2.17 bits per heavy atom. The van der Waals surface area contributed by atoms with Crippen molar-refractivity contribution in [2.24, 2.45) is 5.92 Å². The zero-order valence-electron chi connectivity index (χ0n) is 13.9. The molecule has 18 heavy (non-hydrogen) atoms. The Hall–Kier alpha value is -0.0831. The fraction of sp³-hybridized carbons (Fsp3) is 0.875. The summed E-state index contributed by atoms with van der Waals surface area (Å²) >= 11 is 0. The van der Waals surface area contributed by atoms with Crippen molar-refractivity contribution in [1.29, 1.82) is 0 Å². The summed E-state index contributed by atoms with van der Waals surface area (Å²) in [5.74, 6) is 0.636. The van der Waals surface area contributed by atoms with Crippen molar-refractivity contribution in [2.75, 3.05) is 6.61 Å². The normalized spacial score (nSPS) is 15.9. The lowest BCUT2D eigenvalue weighted by Gasteiger charge is -2.37. The molecule has 1 nitrogen and oxygen atoms in total. The van der Waals surface area contributed by atoms with Crippen LogP contribution in [0.4, 0.5) is 0 Å². The Labute approximate surface area is 116 Å². The highest BCUT2D eigenvalue weighted by molar-refractivity contribution is 6.74. The van der Waals surface area contributed by atoms with Crippen molar-refractivity contribution in [3.8, 4) is 0 Å². The Kier molecular flexibility index (Phi) is 7.46. The second kappa shape index (κ2) is 7.49. The summed E-state index contributed by atoms with van der Waals surface area (Å²) in [6, 6.07) is 0. The second-order valence-electron chi connectivity index (χ2n) is 7.00. The third-order valence-corrected chi connectivity index (χ3v) is 8.59. The first-order valence-corrected chi connectivity index (χ1v) is 10.4. The van der Waals surface area contributed by atoms with Gasteiger partial charge >= 0.3 is 0 Å². The summed E-state index contributed by atoms with van der Waals surface area (Å²) in [4.78, 5) is 0. The molecule has 0 aromatic rings. The Bertz CT molecular complexity index is 261. The Morgan fingerprint density at radius 2 is 1.78 bits per heavy atom. The van der Waals surface area contributed by atoms with Gasteiger partial charge in [-0.25, -0.2) is 0 Å². The molecule has 1 atom stereocenters. The quantitative estimate of drug-likeness (QED) is 0.421. The molecule has 0 aromatic heterocycles. The molecule has 108 valence electrons. The van der Waals surface area contributed by atoms with Crippen molar-refractivity contribution in [1.82, 2.24) is 0 Å². The van der Waals surface area contributed by atoms with Crippen LogP contribution in [-0.2, 0) is 4.43 Å². The Balaban J connectivity index is 4.27. The first-order chi connectivity index (χ1) is 8.14. The highest BCUT2D eigenvalue weighted by atomic mass is 28.4. The van der Waals surface area contributed by atoms with Crippen LogP contribution in [0.2, 0.25) is 18.1 Å².